The van der Waals surface area contributed by atoms with Crippen molar-refractivity contribution in [3.05, 3.63) is 30.3 Å². The minimum absolute atomic E-state index is 0.0387. The molecule has 2 aliphatic rings. The van der Waals surface area contributed by atoms with Crippen LogP contribution in [0.25, 0.3) is 0 Å². The molecule has 2 heterocycles. The minimum atomic E-state index is -0.643. The molecule has 0 aromatic heterocycles. The lowest BCUT2D eigenvalue weighted by atomic mass is 9.96. The molecule has 7 nitrogen and oxygen atoms in total. The average molecular weight is 357 g/mol. The Kier molecular flexibility index (Phi) is 5.78. The van der Waals surface area contributed by atoms with Crippen LogP contribution in [-0.4, -0.2) is 49.7 Å². The van der Waals surface area contributed by atoms with Gasteiger partial charge in [-0.05, 0) is 31.9 Å². The number of hydrogen-bond acceptors (Lipinski definition) is 6. The van der Waals surface area contributed by atoms with E-state index in [1.54, 1.807) is 19.1 Å². The van der Waals surface area contributed by atoms with Gasteiger partial charge >= 0.3 is 5.97 Å². The molecule has 1 amide bonds. The van der Waals surface area contributed by atoms with Crippen LogP contribution in [0.15, 0.2) is 40.4 Å². The lowest BCUT2D eigenvalue weighted by molar-refractivity contribution is -0.139. The number of aliphatic imine (C=N–C) groups is 1. The van der Waals surface area contributed by atoms with Crippen LogP contribution in [0.3, 0.4) is 0 Å². The van der Waals surface area contributed by atoms with Crippen LogP contribution in [0.5, 0.6) is 0 Å². The van der Waals surface area contributed by atoms with Crippen molar-refractivity contribution in [3.8, 4) is 0 Å². The summed E-state index contributed by atoms with van der Waals surface area (Å²) in [5.41, 5.74) is 1.76. The van der Waals surface area contributed by atoms with Crippen molar-refractivity contribution in [2.75, 3.05) is 25.3 Å². The zero-order valence-corrected chi connectivity index (χ0v) is 15.1. The zero-order chi connectivity index (χ0) is 18.5. The maximum Gasteiger partial charge on any atom is 0.311 e. The second-order valence-corrected chi connectivity index (χ2v) is 6.38. The predicted octanol–water partition coefficient (Wildman–Crippen LogP) is 2.21. The number of amides is 1. The Morgan fingerprint density at radius 1 is 1.38 bits per heavy atom. The van der Waals surface area contributed by atoms with Gasteiger partial charge in [0.05, 0.1) is 37.6 Å². The van der Waals surface area contributed by atoms with Crippen LogP contribution in [0.1, 0.15) is 26.2 Å². The van der Waals surface area contributed by atoms with Crippen LogP contribution < -0.4 is 5.01 Å². The van der Waals surface area contributed by atoms with Crippen molar-refractivity contribution in [2.45, 2.75) is 32.3 Å². The number of benzene rings is 1. The van der Waals surface area contributed by atoms with E-state index in [9.17, 15) is 9.59 Å². The fraction of sp³-hybridized carbons (Fsp3) is 0.474. The Hall–Kier alpha value is -2.54. The van der Waals surface area contributed by atoms with Gasteiger partial charge in [0, 0.05) is 12.3 Å². The Morgan fingerprint density at radius 2 is 2.15 bits per heavy atom. The van der Waals surface area contributed by atoms with E-state index in [2.05, 4.69) is 10.1 Å². The number of methoxy groups -OCH3 is 1. The third kappa shape index (κ3) is 3.99. The van der Waals surface area contributed by atoms with Crippen molar-refractivity contribution < 1.29 is 19.1 Å². The smallest absolute Gasteiger partial charge is 0.311 e. The molecule has 0 radical (unpaired) electrons. The van der Waals surface area contributed by atoms with Crippen molar-refractivity contribution in [3.63, 3.8) is 0 Å². The van der Waals surface area contributed by atoms with Crippen molar-refractivity contribution in [2.24, 2.45) is 16.0 Å². The normalized spacial score (nSPS) is 23.3. The number of anilines is 1. The summed E-state index contributed by atoms with van der Waals surface area (Å²) in [6, 6.07) is 9.15. The summed E-state index contributed by atoms with van der Waals surface area (Å²) in [5.74, 6) is -1.28. The highest BCUT2D eigenvalue weighted by molar-refractivity contribution is 6.30. The van der Waals surface area contributed by atoms with Crippen molar-refractivity contribution >= 4 is 29.0 Å². The van der Waals surface area contributed by atoms with E-state index in [0.717, 1.165) is 19.4 Å². The fourth-order valence-corrected chi connectivity index (χ4v) is 3.16. The Bertz CT molecular complexity index is 724. The molecule has 0 bridgehead atoms. The second-order valence-electron chi connectivity index (χ2n) is 6.38. The topological polar surface area (TPSA) is 80.6 Å². The number of para-hydroxylation sites is 1. The summed E-state index contributed by atoms with van der Waals surface area (Å²) in [6.07, 6.45) is 2.09. The summed E-state index contributed by atoms with van der Waals surface area (Å²) in [4.78, 5) is 29.3. The van der Waals surface area contributed by atoms with Gasteiger partial charge in [-0.25, -0.2) is 0 Å². The van der Waals surface area contributed by atoms with Gasteiger partial charge in [-0.3, -0.25) is 14.6 Å². The molecular formula is C19H23N3O4. The molecule has 0 saturated carbocycles. The molecule has 0 N–H and O–H groups in total. The van der Waals surface area contributed by atoms with Gasteiger partial charge in [-0.2, -0.15) is 10.1 Å². The third-order valence-corrected chi connectivity index (χ3v) is 4.56. The monoisotopic (exact) mass is 357 g/mol. The van der Waals surface area contributed by atoms with E-state index < -0.39 is 11.9 Å². The van der Waals surface area contributed by atoms with Crippen LogP contribution in [0, 0.1) is 5.92 Å². The van der Waals surface area contributed by atoms with E-state index in [-0.39, 0.29) is 18.4 Å². The molecule has 1 fully saturated rings. The van der Waals surface area contributed by atoms with Gasteiger partial charge in [0.15, 0.2) is 0 Å². The lowest BCUT2D eigenvalue weighted by Crippen LogP contribution is -2.33. The molecule has 138 valence electrons. The van der Waals surface area contributed by atoms with Crippen LogP contribution >= 0.6 is 0 Å². The molecule has 1 unspecified atom stereocenters. The predicted molar refractivity (Wildman–Crippen MR) is 98.4 cm³/mol. The Balaban J connectivity index is 1.83. The first kappa shape index (κ1) is 18.3. The number of ether oxygens (including phenoxy) is 2. The van der Waals surface area contributed by atoms with Crippen molar-refractivity contribution in [1.29, 1.82) is 0 Å². The molecule has 2 aliphatic heterocycles. The van der Waals surface area contributed by atoms with Crippen LogP contribution in [0.2, 0.25) is 0 Å². The van der Waals surface area contributed by atoms with Crippen LogP contribution in [-0.2, 0) is 19.1 Å². The van der Waals surface area contributed by atoms with Gasteiger partial charge in [0.2, 0.25) is 0 Å². The Labute approximate surface area is 152 Å². The molecule has 3 rings (SSSR count). The average Bonchev–Trinajstić information content (AvgIpc) is 3.28. The molecule has 26 heavy (non-hydrogen) atoms. The summed E-state index contributed by atoms with van der Waals surface area (Å²) < 4.78 is 10.3. The first-order valence-corrected chi connectivity index (χ1v) is 8.76. The molecule has 0 aliphatic carbocycles. The highest BCUT2D eigenvalue weighted by atomic mass is 16.5. The van der Waals surface area contributed by atoms with Crippen LogP contribution in [0.4, 0.5) is 5.69 Å². The summed E-state index contributed by atoms with van der Waals surface area (Å²) in [7, 11) is 1.32. The minimum Gasteiger partial charge on any atom is -0.469 e. The number of nitrogens with zero attached hydrogens (tertiary/aromatic N) is 3. The number of hydrazone groups is 1. The lowest BCUT2D eigenvalue weighted by Gasteiger charge is -2.15. The molecule has 1 aromatic rings. The first-order chi connectivity index (χ1) is 12.6. The summed E-state index contributed by atoms with van der Waals surface area (Å²) in [5, 5.41) is 5.74. The van der Waals surface area contributed by atoms with Gasteiger partial charge < -0.3 is 9.47 Å². The van der Waals surface area contributed by atoms with Gasteiger partial charge in [0.1, 0.15) is 5.92 Å². The van der Waals surface area contributed by atoms with E-state index in [1.165, 1.54) is 12.1 Å². The van der Waals surface area contributed by atoms with E-state index in [4.69, 9.17) is 9.47 Å². The van der Waals surface area contributed by atoms with Gasteiger partial charge in [0.25, 0.3) is 5.91 Å². The van der Waals surface area contributed by atoms with E-state index in [1.807, 2.05) is 18.2 Å². The second kappa shape index (κ2) is 8.23. The SMILES string of the molecule is COC(=O)CC1=NN(c2ccccc2)C(=O)C1C(C)=NC[C@@H]1CCCO1. The number of carbonyl (C=O) groups excluding carboxylic acids is 2. The van der Waals surface area contributed by atoms with Gasteiger partial charge in [-0.15, -0.1) is 0 Å². The third-order valence-electron chi connectivity index (χ3n) is 4.56. The largest absolute Gasteiger partial charge is 0.469 e. The first-order valence-electron chi connectivity index (χ1n) is 8.76. The van der Waals surface area contributed by atoms with Crippen molar-refractivity contribution in [1.82, 2.24) is 0 Å². The molecule has 0 spiro atoms. The quantitative estimate of drug-likeness (QED) is 0.577. The fourth-order valence-electron chi connectivity index (χ4n) is 3.16. The highest BCUT2D eigenvalue weighted by Crippen LogP contribution is 2.26. The summed E-state index contributed by atoms with van der Waals surface area (Å²) >= 11 is 0. The highest BCUT2D eigenvalue weighted by Gasteiger charge is 2.39. The number of carbonyl (C=O) groups is 2. The maximum atomic E-state index is 13.0. The standard InChI is InChI=1S/C19H23N3O4/c1-13(20-12-15-9-6-10-26-15)18-16(11-17(23)25-2)21-22(19(18)24)14-7-4-3-5-8-14/h3-5,7-8,15,18H,6,9-12H2,1-2H3/t15-,18?/m0/s1. The van der Waals surface area contributed by atoms with E-state index >= 15 is 0 Å². The number of hydrogen-bond donors (Lipinski definition) is 0. The van der Waals surface area contributed by atoms with Gasteiger partial charge in [-0.1, -0.05) is 18.2 Å². The Morgan fingerprint density at radius 3 is 2.81 bits per heavy atom. The van der Waals surface area contributed by atoms with E-state index in [0.29, 0.717) is 23.7 Å². The zero-order valence-electron chi connectivity index (χ0n) is 15.1. The number of esters is 1. The molecule has 2 atom stereocenters. The summed E-state index contributed by atoms with van der Waals surface area (Å²) in [6.45, 7) is 3.09. The maximum absolute atomic E-state index is 13.0. The number of rotatable bonds is 6. The molecule has 7 heteroatoms. The molecule has 1 aromatic carbocycles. The molecular weight excluding hydrogens is 334 g/mol. The molecule has 1 saturated heterocycles.